The summed E-state index contributed by atoms with van der Waals surface area (Å²) in [7, 11) is 0. The first-order valence-electron chi connectivity index (χ1n) is 6.26. The van der Waals surface area contributed by atoms with Gasteiger partial charge >= 0.3 is 12.1 Å². The molecule has 122 valence electrons. The third-order valence-corrected chi connectivity index (χ3v) is 2.58. The van der Waals surface area contributed by atoms with Crippen molar-refractivity contribution in [2.45, 2.75) is 32.5 Å². The van der Waals surface area contributed by atoms with E-state index in [9.17, 15) is 27.2 Å². The zero-order chi connectivity index (χ0) is 17.1. The summed E-state index contributed by atoms with van der Waals surface area (Å²) in [6, 6.07) is 2.09. The number of hydrogen-bond acceptors (Lipinski definition) is 4. The third kappa shape index (κ3) is 4.19. The molecule has 0 spiro atoms. The summed E-state index contributed by atoms with van der Waals surface area (Å²) >= 11 is 0. The van der Waals surface area contributed by atoms with E-state index in [0.29, 0.717) is 6.07 Å². The van der Waals surface area contributed by atoms with E-state index in [1.165, 1.54) is 13.8 Å². The minimum atomic E-state index is -5.19. The Bertz CT molecular complexity index is 579. The van der Waals surface area contributed by atoms with Crippen molar-refractivity contribution in [1.82, 2.24) is 0 Å². The van der Waals surface area contributed by atoms with E-state index in [0.717, 1.165) is 12.1 Å². The quantitative estimate of drug-likeness (QED) is 0.474. The smallest absolute Gasteiger partial charge is 0.455 e. The number of benzene rings is 1. The molecule has 0 unspecified atom stereocenters. The van der Waals surface area contributed by atoms with Gasteiger partial charge in [-0.2, -0.15) is 13.2 Å². The number of ether oxygens (including phenoxy) is 2. The van der Waals surface area contributed by atoms with Crippen molar-refractivity contribution in [3.63, 3.8) is 0 Å². The topological polar surface area (TPSA) is 52.6 Å². The van der Waals surface area contributed by atoms with Gasteiger partial charge < -0.3 is 9.47 Å². The van der Waals surface area contributed by atoms with Crippen LogP contribution in [0.5, 0.6) is 5.75 Å². The molecule has 0 heterocycles. The van der Waals surface area contributed by atoms with E-state index in [4.69, 9.17) is 9.47 Å². The molecule has 0 aromatic heterocycles. The van der Waals surface area contributed by atoms with Crippen LogP contribution in [-0.2, 0) is 9.53 Å². The lowest BCUT2D eigenvalue weighted by molar-refractivity contribution is -0.158. The first-order chi connectivity index (χ1) is 9.99. The van der Waals surface area contributed by atoms with Crippen LogP contribution in [0, 0.1) is 5.82 Å². The average molecular weight is 322 g/mol. The second-order valence-electron chi connectivity index (χ2n) is 4.80. The number of hydrogen-bond donors (Lipinski definition) is 0. The molecule has 0 aliphatic carbocycles. The molecule has 0 radical (unpaired) electrons. The molecule has 8 heteroatoms. The first kappa shape index (κ1) is 17.9. The fourth-order valence-electron chi connectivity index (χ4n) is 1.54. The molecule has 0 fully saturated rings. The van der Waals surface area contributed by atoms with Crippen LogP contribution in [0.2, 0.25) is 0 Å². The van der Waals surface area contributed by atoms with E-state index in [2.05, 4.69) is 0 Å². The molecule has 1 aromatic carbocycles. The van der Waals surface area contributed by atoms with E-state index < -0.39 is 40.7 Å². The maximum atomic E-state index is 13.1. The van der Waals surface area contributed by atoms with E-state index in [1.807, 2.05) is 0 Å². The molecule has 0 aliphatic rings. The van der Waals surface area contributed by atoms with Crippen molar-refractivity contribution in [3.05, 3.63) is 29.6 Å². The maximum Gasteiger partial charge on any atom is 0.455 e. The number of alkyl halides is 3. The van der Waals surface area contributed by atoms with Crippen molar-refractivity contribution in [2.75, 3.05) is 6.61 Å². The van der Waals surface area contributed by atoms with Crippen molar-refractivity contribution in [1.29, 1.82) is 0 Å². The Kier molecular flexibility index (Phi) is 5.16. The van der Waals surface area contributed by atoms with Crippen LogP contribution < -0.4 is 4.74 Å². The highest BCUT2D eigenvalue weighted by Gasteiger charge is 2.42. The zero-order valence-electron chi connectivity index (χ0n) is 12.1. The van der Waals surface area contributed by atoms with Crippen LogP contribution in [0.15, 0.2) is 18.2 Å². The molecule has 0 aliphatic heterocycles. The Labute approximate surface area is 124 Å². The van der Waals surface area contributed by atoms with Gasteiger partial charge in [-0.05, 0) is 39.0 Å². The summed E-state index contributed by atoms with van der Waals surface area (Å²) in [6.45, 7) is 4.11. The van der Waals surface area contributed by atoms with Gasteiger partial charge in [0.1, 0.15) is 11.6 Å². The minimum absolute atomic E-state index is 0.0450. The Hall–Kier alpha value is -2.12. The first-order valence-corrected chi connectivity index (χ1v) is 6.26. The normalized spacial score (nSPS) is 12.0. The van der Waals surface area contributed by atoms with Crippen molar-refractivity contribution in [3.8, 4) is 5.75 Å². The highest BCUT2D eigenvalue weighted by atomic mass is 19.4. The van der Waals surface area contributed by atoms with Gasteiger partial charge in [-0.15, -0.1) is 0 Å². The van der Waals surface area contributed by atoms with E-state index in [1.54, 1.807) is 6.92 Å². The van der Waals surface area contributed by atoms with Crippen LogP contribution in [0.3, 0.4) is 0 Å². The Morgan fingerprint density at radius 3 is 2.27 bits per heavy atom. The Morgan fingerprint density at radius 1 is 1.18 bits per heavy atom. The molecular formula is C14H14F4O4. The fraction of sp³-hybridized carbons (Fsp3) is 0.429. The van der Waals surface area contributed by atoms with Gasteiger partial charge in [0.2, 0.25) is 0 Å². The highest BCUT2D eigenvalue weighted by Crippen LogP contribution is 2.30. The summed E-state index contributed by atoms with van der Waals surface area (Å²) < 4.78 is 60.6. The van der Waals surface area contributed by atoms with Crippen LogP contribution >= 0.6 is 0 Å². The predicted molar refractivity (Wildman–Crippen MR) is 68.1 cm³/mol. The summed E-state index contributed by atoms with van der Waals surface area (Å²) in [6.07, 6.45) is -5.19. The zero-order valence-corrected chi connectivity index (χ0v) is 12.1. The average Bonchev–Trinajstić information content (AvgIpc) is 2.39. The van der Waals surface area contributed by atoms with Gasteiger partial charge in [0, 0.05) is 0 Å². The van der Waals surface area contributed by atoms with Crippen LogP contribution in [0.4, 0.5) is 17.6 Å². The van der Waals surface area contributed by atoms with E-state index in [-0.39, 0.29) is 6.61 Å². The van der Waals surface area contributed by atoms with Crippen LogP contribution in [0.1, 0.15) is 31.1 Å². The highest BCUT2D eigenvalue weighted by molar-refractivity contribution is 6.02. The Morgan fingerprint density at radius 2 is 1.77 bits per heavy atom. The summed E-state index contributed by atoms with van der Waals surface area (Å²) in [5.41, 5.74) is -2.65. The number of carbonyl (C=O) groups is 2. The van der Waals surface area contributed by atoms with Crippen molar-refractivity contribution < 1.29 is 36.6 Å². The van der Waals surface area contributed by atoms with Gasteiger partial charge in [-0.25, -0.2) is 9.18 Å². The number of halogens is 4. The number of carbonyl (C=O) groups excluding carboxylic acids is 2. The van der Waals surface area contributed by atoms with Crippen LogP contribution in [0.25, 0.3) is 0 Å². The lowest BCUT2D eigenvalue weighted by Crippen LogP contribution is -2.40. The molecule has 0 amide bonds. The molecule has 0 N–H and O–H groups in total. The summed E-state index contributed by atoms with van der Waals surface area (Å²) in [5.74, 6) is -4.68. The number of esters is 1. The molecule has 22 heavy (non-hydrogen) atoms. The summed E-state index contributed by atoms with van der Waals surface area (Å²) in [4.78, 5) is 23.0. The molecular weight excluding hydrogens is 308 g/mol. The van der Waals surface area contributed by atoms with Gasteiger partial charge in [0.25, 0.3) is 5.78 Å². The second kappa shape index (κ2) is 6.33. The van der Waals surface area contributed by atoms with E-state index >= 15 is 0 Å². The molecule has 4 nitrogen and oxygen atoms in total. The molecule has 1 rings (SSSR count). The molecule has 0 atom stereocenters. The lowest BCUT2D eigenvalue weighted by atomic mass is 10.1. The fourth-order valence-corrected chi connectivity index (χ4v) is 1.54. The predicted octanol–water partition coefficient (Wildman–Crippen LogP) is 3.29. The molecule has 0 saturated carbocycles. The molecule has 0 saturated heterocycles. The standard InChI is InChI=1S/C14H14F4O4/c1-4-21-12(20)13(2,3)22-10-6-5-8(15)7-9(10)11(19)14(16,17)18/h5-7H,4H2,1-3H3. The number of Topliss-reactive ketones (excluding diaryl/α,β-unsaturated/α-hetero) is 1. The molecule has 0 bridgehead atoms. The SMILES string of the molecule is CCOC(=O)C(C)(C)Oc1ccc(F)cc1C(=O)C(F)(F)F. The monoisotopic (exact) mass is 322 g/mol. The largest absolute Gasteiger partial charge is 0.475 e. The van der Waals surface area contributed by atoms with Gasteiger partial charge in [0.15, 0.2) is 5.60 Å². The summed E-state index contributed by atoms with van der Waals surface area (Å²) in [5, 5.41) is 0. The number of ketones is 1. The second-order valence-corrected chi connectivity index (χ2v) is 4.80. The van der Waals surface area contributed by atoms with Gasteiger partial charge in [-0.1, -0.05) is 0 Å². The minimum Gasteiger partial charge on any atom is -0.475 e. The Balaban J connectivity index is 3.21. The molecule has 1 aromatic rings. The third-order valence-electron chi connectivity index (χ3n) is 2.58. The lowest BCUT2D eigenvalue weighted by Gasteiger charge is -2.25. The maximum absolute atomic E-state index is 13.1. The van der Waals surface area contributed by atoms with Gasteiger partial charge in [-0.3, -0.25) is 4.79 Å². The number of rotatable bonds is 5. The van der Waals surface area contributed by atoms with Crippen molar-refractivity contribution in [2.24, 2.45) is 0 Å². The van der Waals surface area contributed by atoms with Crippen LogP contribution in [-0.4, -0.2) is 30.1 Å². The van der Waals surface area contributed by atoms with Gasteiger partial charge in [0.05, 0.1) is 12.2 Å². The van der Waals surface area contributed by atoms with Crippen molar-refractivity contribution >= 4 is 11.8 Å².